The van der Waals surface area contributed by atoms with Gasteiger partial charge in [0.25, 0.3) is 0 Å². The van der Waals surface area contributed by atoms with Crippen molar-refractivity contribution >= 4 is 86.3 Å². The highest BCUT2D eigenvalue weighted by Gasteiger charge is 2.19. The van der Waals surface area contributed by atoms with Gasteiger partial charge in [-0.1, -0.05) is 231 Å². The topological polar surface area (TPSA) is 25.8 Å². The minimum absolute atomic E-state index is 0.937. The molecule has 0 saturated heterocycles. The number of rotatable bonds is 6. The van der Waals surface area contributed by atoms with E-state index in [1.807, 2.05) is 0 Å². The second kappa shape index (κ2) is 16.9. The minimum Gasteiger partial charge on any atom is -0.248 e. The lowest BCUT2D eigenvalue weighted by molar-refractivity contribution is 1.32. The molecule has 0 saturated carbocycles. The summed E-state index contributed by atoms with van der Waals surface area (Å²) in [6, 6.07) is 97.3. The maximum atomic E-state index is 5.70. The second-order valence-corrected chi connectivity index (χ2v) is 19.6. The van der Waals surface area contributed by atoms with E-state index >= 15 is 0 Å². The van der Waals surface area contributed by atoms with Gasteiger partial charge < -0.3 is 0 Å². The molecule has 0 unspecified atom stereocenters. The average Bonchev–Trinajstić information content (AvgIpc) is 3.49. The summed E-state index contributed by atoms with van der Waals surface area (Å²) in [6.45, 7) is 0. The van der Waals surface area contributed by atoms with Crippen LogP contribution in [-0.2, 0) is 0 Å². The van der Waals surface area contributed by atoms with Crippen molar-refractivity contribution in [3.63, 3.8) is 0 Å². The molecule has 74 heavy (non-hydrogen) atoms. The lowest BCUT2D eigenvalue weighted by Gasteiger charge is -2.17. The number of pyridine rings is 2. The number of benzene rings is 13. The van der Waals surface area contributed by atoms with Crippen LogP contribution in [0.15, 0.2) is 267 Å². The van der Waals surface area contributed by atoms with E-state index in [2.05, 4.69) is 267 Å². The van der Waals surface area contributed by atoms with E-state index in [0.29, 0.717) is 0 Å². The third-order valence-corrected chi connectivity index (χ3v) is 15.4. The van der Waals surface area contributed by atoms with E-state index in [-0.39, 0.29) is 0 Å². The Morgan fingerprint density at radius 3 is 1.01 bits per heavy atom. The maximum absolute atomic E-state index is 5.70. The van der Waals surface area contributed by atoms with E-state index in [0.717, 1.165) is 72.3 Å². The molecule has 2 nitrogen and oxygen atoms in total. The second-order valence-electron chi connectivity index (χ2n) is 19.6. The third kappa shape index (κ3) is 6.80. The molecule has 0 aliphatic heterocycles. The number of hydrogen-bond donors (Lipinski definition) is 0. The van der Waals surface area contributed by atoms with Gasteiger partial charge in [0.1, 0.15) is 0 Å². The van der Waals surface area contributed by atoms with Crippen molar-refractivity contribution < 1.29 is 0 Å². The van der Waals surface area contributed by atoms with Crippen LogP contribution in [0.2, 0.25) is 0 Å². The zero-order chi connectivity index (χ0) is 48.7. The largest absolute Gasteiger partial charge is 0.248 e. The fourth-order valence-corrected chi connectivity index (χ4v) is 11.9. The Morgan fingerprint density at radius 2 is 0.514 bits per heavy atom. The molecular weight excluding hydrogens is 893 g/mol. The Kier molecular flexibility index (Phi) is 9.61. The molecule has 0 atom stereocenters. The van der Waals surface area contributed by atoms with Crippen LogP contribution in [0.3, 0.4) is 0 Å². The first-order valence-electron chi connectivity index (χ1n) is 25.5. The van der Waals surface area contributed by atoms with Gasteiger partial charge in [0.2, 0.25) is 0 Å². The highest BCUT2D eigenvalue weighted by Crippen LogP contribution is 2.44. The third-order valence-electron chi connectivity index (χ3n) is 15.4. The monoisotopic (exact) mass is 936 g/mol. The lowest BCUT2D eigenvalue weighted by atomic mass is 9.88. The van der Waals surface area contributed by atoms with Crippen molar-refractivity contribution in [3.8, 4) is 67.2 Å². The SMILES string of the molecule is c1ccc(-c2cc(-c3ccc(-c4cc(-c5ccc6c7ccccc7c7ccccc7c6c5)nc5c4cc(-c4ccc6c7ccccc7c7ccccc7c6c4)c4ccccc45)cc3)cc(-c3ccccc3)n2)cc1. The molecule has 0 bridgehead atoms. The Bertz CT molecular complexity index is 4620. The van der Waals surface area contributed by atoms with Crippen LogP contribution in [0.4, 0.5) is 0 Å². The molecule has 0 aliphatic rings. The first-order chi connectivity index (χ1) is 36.7. The van der Waals surface area contributed by atoms with Gasteiger partial charge in [-0.3, -0.25) is 0 Å². The van der Waals surface area contributed by atoms with Gasteiger partial charge >= 0.3 is 0 Å². The Labute approximate surface area is 428 Å². The summed E-state index contributed by atoms with van der Waals surface area (Å²) in [4.78, 5) is 10.9. The fraction of sp³-hybridized carbons (Fsp3) is 0. The van der Waals surface area contributed by atoms with Crippen molar-refractivity contribution in [1.82, 2.24) is 9.97 Å². The highest BCUT2D eigenvalue weighted by molar-refractivity contribution is 6.27. The molecule has 2 heteroatoms. The van der Waals surface area contributed by atoms with Crippen LogP contribution in [0, 0.1) is 0 Å². The molecule has 0 radical (unpaired) electrons. The Balaban J connectivity index is 0.964. The molecule has 0 fully saturated rings. The number of hydrogen-bond acceptors (Lipinski definition) is 2. The standard InChI is InChI=1S/C72H44N2/c1-3-17-47(18-4-1)69-41-51(42-70(73-69)48-19-5-2-6-20-48)45-31-33-46(34-32-45)65-44-71(50-36-38-62-57-26-10-8-22-53(57)55-24-12-14-28-59(55)67(62)40-50)74-72-63-30-16-15-29-60(63)64(43-68(65)72)49-35-37-61-56-25-9-7-21-52(56)54-23-11-13-27-58(54)66(61)39-49/h1-44H. The van der Waals surface area contributed by atoms with Crippen LogP contribution in [0.25, 0.3) is 153 Å². The van der Waals surface area contributed by atoms with Crippen molar-refractivity contribution in [2.24, 2.45) is 0 Å². The smallest absolute Gasteiger partial charge is 0.0794 e. The summed E-state index contributed by atoms with van der Waals surface area (Å²) >= 11 is 0. The van der Waals surface area contributed by atoms with E-state index in [1.54, 1.807) is 0 Å². The van der Waals surface area contributed by atoms with Crippen LogP contribution in [-0.4, -0.2) is 9.97 Å². The molecule has 0 aliphatic carbocycles. The first-order valence-corrected chi connectivity index (χ1v) is 25.5. The zero-order valence-electron chi connectivity index (χ0n) is 40.3. The zero-order valence-corrected chi connectivity index (χ0v) is 40.3. The maximum Gasteiger partial charge on any atom is 0.0794 e. The average molecular weight is 937 g/mol. The quantitative estimate of drug-likeness (QED) is 0.155. The van der Waals surface area contributed by atoms with Gasteiger partial charge in [-0.15, -0.1) is 0 Å². The van der Waals surface area contributed by atoms with Crippen molar-refractivity contribution in [1.29, 1.82) is 0 Å². The highest BCUT2D eigenvalue weighted by atomic mass is 14.7. The number of aromatic nitrogens is 2. The van der Waals surface area contributed by atoms with E-state index in [9.17, 15) is 0 Å². The number of nitrogens with zero attached hydrogens (tertiary/aromatic N) is 2. The van der Waals surface area contributed by atoms with Crippen LogP contribution in [0.1, 0.15) is 0 Å². The summed E-state index contributed by atoms with van der Waals surface area (Å²) in [5.74, 6) is 0. The van der Waals surface area contributed by atoms with E-state index in [1.165, 1.54) is 81.1 Å². The Morgan fingerprint density at radius 1 is 0.162 bits per heavy atom. The molecule has 2 heterocycles. The lowest BCUT2D eigenvalue weighted by Crippen LogP contribution is -1.94. The predicted octanol–water partition coefficient (Wildman–Crippen LogP) is 19.7. The van der Waals surface area contributed by atoms with Gasteiger partial charge in [0.05, 0.1) is 22.6 Å². The molecule has 15 rings (SSSR count). The molecule has 0 N–H and O–H groups in total. The van der Waals surface area contributed by atoms with E-state index < -0.39 is 0 Å². The molecule has 342 valence electrons. The molecule has 0 spiro atoms. The Hall–Kier alpha value is -9.76. The first kappa shape index (κ1) is 42.0. The molecule has 2 aromatic heterocycles. The molecule has 15 aromatic rings. The van der Waals surface area contributed by atoms with E-state index in [4.69, 9.17) is 9.97 Å². The predicted molar refractivity (Wildman–Crippen MR) is 315 cm³/mol. The van der Waals surface area contributed by atoms with Gasteiger partial charge in [0, 0.05) is 27.5 Å². The van der Waals surface area contributed by atoms with Gasteiger partial charge in [-0.05, 0) is 140 Å². The van der Waals surface area contributed by atoms with Crippen LogP contribution < -0.4 is 0 Å². The molecular formula is C72H44N2. The van der Waals surface area contributed by atoms with Crippen molar-refractivity contribution in [2.45, 2.75) is 0 Å². The normalized spacial score (nSPS) is 11.8. The summed E-state index contributed by atoms with van der Waals surface area (Å²) < 4.78 is 0. The van der Waals surface area contributed by atoms with Gasteiger partial charge in [0.15, 0.2) is 0 Å². The van der Waals surface area contributed by atoms with Crippen molar-refractivity contribution in [2.75, 3.05) is 0 Å². The molecule has 13 aromatic carbocycles. The van der Waals surface area contributed by atoms with Crippen LogP contribution >= 0.6 is 0 Å². The summed E-state index contributed by atoms with van der Waals surface area (Å²) in [7, 11) is 0. The molecule has 0 amide bonds. The summed E-state index contributed by atoms with van der Waals surface area (Å²) in [5, 5.41) is 18.5. The fourth-order valence-electron chi connectivity index (χ4n) is 11.9. The minimum atomic E-state index is 0.937. The van der Waals surface area contributed by atoms with Gasteiger partial charge in [-0.2, -0.15) is 0 Å². The van der Waals surface area contributed by atoms with Crippen molar-refractivity contribution in [3.05, 3.63) is 267 Å². The summed E-state index contributed by atoms with van der Waals surface area (Å²) in [5.41, 5.74) is 13.9. The van der Waals surface area contributed by atoms with Crippen LogP contribution in [0.5, 0.6) is 0 Å². The van der Waals surface area contributed by atoms with Gasteiger partial charge in [-0.25, -0.2) is 9.97 Å². The summed E-state index contributed by atoms with van der Waals surface area (Å²) in [6.07, 6.45) is 0. The number of fused-ring (bicyclic) bond motifs is 15.